The molecule has 29 heavy (non-hydrogen) atoms. The summed E-state index contributed by atoms with van der Waals surface area (Å²) in [5.41, 5.74) is -0.768. The Morgan fingerprint density at radius 1 is 1.17 bits per heavy atom. The zero-order valence-electron chi connectivity index (χ0n) is 15.3. The molecule has 0 atom stereocenters. The number of carboxylic acids is 1. The third-order valence-corrected chi connectivity index (χ3v) is 3.60. The number of rotatable bonds is 7. The van der Waals surface area contributed by atoms with Crippen molar-refractivity contribution in [2.75, 3.05) is 12.4 Å². The summed E-state index contributed by atoms with van der Waals surface area (Å²) in [4.78, 5) is 33.9. The number of nitrogens with zero attached hydrogens (tertiary/aromatic N) is 3. The molecule has 0 saturated heterocycles. The topological polar surface area (TPSA) is 164 Å². The Balaban J connectivity index is 2.32. The van der Waals surface area contributed by atoms with Gasteiger partial charge in [0.15, 0.2) is 11.4 Å². The van der Waals surface area contributed by atoms with E-state index < -0.39 is 28.3 Å². The minimum absolute atomic E-state index is 0.00636. The molecule has 1 amide bonds. The fourth-order valence-corrected chi connectivity index (χ4v) is 2.21. The number of hydrogen-bond donors (Lipinski definition) is 3. The highest BCUT2D eigenvalue weighted by atomic mass is 16.6. The van der Waals surface area contributed by atoms with Gasteiger partial charge in [-0.1, -0.05) is 12.1 Å². The number of anilines is 1. The minimum Gasteiger partial charge on any atom is -0.510 e. The molecule has 11 nitrogen and oxygen atoms in total. The van der Waals surface area contributed by atoms with E-state index in [0.29, 0.717) is 0 Å². The van der Waals surface area contributed by atoms with Gasteiger partial charge in [0.2, 0.25) is 0 Å². The summed E-state index contributed by atoms with van der Waals surface area (Å²) >= 11 is 0. The lowest BCUT2D eigenvalue weighted by molar-refractivity contribution is -0.384. The van der Waals surface area contributed by atoms with Crippen molar-refractivity contribution in [3.8, 4) is 5.75 Å². The van der Waals surface area contributed by atoms with Gasteiger partial charge in [0.25, 0.3) is 11.6 Å². The van der Waals surface area contributed by atoms with Crippen LogP contribution in [-0.2, 0) is 4.79 Å². The summed E-state index contributed by atoms with van der Waals surface area (Å²) in [5.74, 6) is -2.58. The number of hydrogen-bond acceptors (Lipinski definition) is 8. The first-order valence-electron chi connectivity index (χ1n) is 8.02. The Morgan fingerprint density at radius 2 is 1.86 bits per heavy atom. The molecule has 2 aromatic rings. The first kappa shape index (κ1) is 21.0. The summed E-state index contributed by atoms with van der Waals surface area (Å²) < 4.78 is 5.02. The second kappa shape index (κ2) is 9.08. The molecule has 0 radical (unpaired) electrons. The smallest absolute Gasteiger partial charge is 0.337 e. The van der Waals surface area contributed by atoms with Crippen molar-refractivity contribution >= 4 is 28.9 Å². The van der Waals surface area contributed by atoms with Crippen LogP contribution in [0.25, 0.3) is 0 Å². The zero-order chi connectivity index (χ0) is 21.6. The normalized spacial score (nSPS) is 11.7. The number of methoxy groups -OCH3 is 1. The summed E-state index contributed by atoms with van der Waals surface area (Å²) in [6, 6.07) is 9.27. The van der Waals surface area contributed by atoms with Gasteiger partial charge in [0, 0.05) is 6.07 Å². The van der Waals surface area contributed by atoms with Gasteiger partial charge in [-0.25, -0.2) is 4.79 Å². The SMILES string of the molecule is COc1cc([N+](=O)[O-])ccc1N=NC(C(=O)Nc1ccccc1C(=O)O)=C(C)O. The third kappa shape index (κ3) is 5.13. The van der Waals surface area contributed by atoms with E-state index in [-0.39, 0.29) is 28.4 Å². The Hall–Kier alpha value is -4.28. The van der Waals surface area contributed by atoms with Gasteiger partial charge in [-0.15, -0.1) is 10.2 Å². The molecular formula is C18H16N4O7. The average molecular weight is 400 g/mol. The summed E-state index contributed by atoms with van der Waals surface area (Å²) in [6.07, 6.45) is 0. The number of allylic oxidation sites excluding steroid dienone is 1. The number of ether oxygens (including phenoxy) is 1. The van der Waals surface area contributed by atoms with Crippen LogP contribution in [0.3, 0.4) is 0 Å². The molecule has 0 heterocycles. The molecule has 3 N–H and O–H groups in total. The van der Waals surface area contributed by atoms with E-state index in [1.165, 1.54) is 50.4 Å². The van der Waals surface area contributed by atoms with Crippen LogP contribution in [0.4, 0.5) is 17.1 Å². The maximum atomic E-state index is 12.5. The van der Waals surface area contributed by atoms with Crippen LogP contribution >= 0.6 is 0 Å². The fraction of sp³-hybridized carbons (Fsp3) is 0.111. The molecule has 2 aromatic carbocycles. The fourth-order valence-electron chi connectivity index (χ4n) is 2.21. The predicted molar refractivity (Wildman–Crippen MR) is 102 cm³/mol. The van der Waals surface area contributed by atoms with Crippen molar-refractivity contribution in [2.45, 2.75) is 6.92 Å². The number of non-ortho nitro benzene ring substituents is 1. The molecule has 11 heteroatoms. The van der Waals surface area contributed by atoms with Crippen molar-refractivity contribution in [3.05, 3.63) is 69.6 Å². The van der Waals surface area contributed by atoms with Crippen LogP contribution in [0.15, 0.2) is 64.1 Å². The van der Waals surface area contributed by atoms with Crippen molar-refractivity contribution in [1.82, 2.24) is 0 Å². The van der Waals surface area contributed by atoms with E-state index in [1.54, 1.807) is 0 Å². The number of azo groups is 1. The van der Waals surface area contributed by atoms with E-state index in [1.807, 2.05) is 0 Å². The largest absolute Gasteiger partial charge is 0.510 e. The second-order valence-corrected chi connectivity index (χ2v) is 5.55. The molecule has 0 aliphatic heterocycles. The molecule has 0 unspecified atom stereocenters. The van der Waals surface area contributed by atoms with Crippen molar-refractivity contribution in [2.24, 2.45) is 10.2 Å². The number of carboxylic acid groups (broad SMARTS) is 1. The van der Waals surface area contributed by atoms with Crippen molar-refractivity contribution < 1.29 is 29.5 Å². The molecule has 0 bridgehead atoms. The molecule has 2 rings (SSSR count). The molecule has 0 aliphatic rings. The standard InChI is InChI=1S/C18H16N4O7/c1-10(23)16(17(24)19-13-6-4-3-5-12(13)18(25)26)21-20-14-8-7-11(22(27)28)9-15(14)29-2/h3-9,23H,1-2H3,(H,19,24)(H,25,26). The maximum Gasteiger partial charge on any atom is 0.337 e. The van der Waals surface area contributed by atoms with Gasteiger partial charge in [0.1, 0.15) is 11.4 Å². The number of nitro benzene ring substituents is 1. The van der Waals surface area contributed by atoms with Crippen LogP contribution in [0, 0.1) is 10.1 Å². The number of aliphatic hydroxyl groups excluding tert-OH is 1. The minimum atomic E-state index is -1.25. The number of benzene rings is 2. The van der Waals surface area contributed by atoms with E-state index in [0.717, 1.165) is 6.07 Å². The van der Waals surface area contributed by atoms with E-state index in [4.69, 9.17) is 4.74 Å². The van der Waals surface area contributed by atoms with Crippen LogP contribution in [0.1, 0.15) is 17.3 Å². The first-order chi connectivity index (χ1) is 13.7. The van der Waals surface area contributed by atoms with E-state index in [2.05, 4.69) is 15.5 Å². The van der Waals surface area contributed by atoms with Crippen LogP contribution in [-0.4, -0.2) is 34.1 Å². The van der Waals surface area contributed by atoms with Crippen molar-refractivity contribution in [3.63, 3.8) is 0 Å². The number of amides is 1. The van der Waals surface area contributed by atoms with Gasteiger partial charge in [-0.3, -0.25) is 14.9 Å². The zero-order valence-corrected chi connectivity index (χ0v) is 15.3. The average Bonchev–Trinajstić information content (AvgIpc) is 2.68. The summed E-state index contributed by atoms with van der Waals surface area (Å²) in [7, 11) is 1.28. The predicted octanol–water partition coefficient (Wildman–Crippen LogP) is 3.81. The lowest BCUT2D eigenvalue weighted by atomic mass is 10.1. The molecule has 0 aliphatic carbocycles. The number of aromatic carboxylic acids is 1. The Labute approximate surface area is 164 Å². The molecular weight excluding hydrogens is 384 g/mol. The summed E-state index contributed by atoms with van der Waals surface area (Å²) in [6.45, 7) is 1.20. The maximum absolute atomic E-state index is 12.5. The second-order valence-electron chi connectivity index (χ2n) is 5.55. The van der Waals surface area contributed by atoms with E-state index in [9.17, 15) is 29.9 Å². The molecule has 150 valence electrons. The van der Waals surface area contributed by atoms with Crippen LogP contribution < -0.4 is 10.1 Å². The number of nitro groups is 1. The lowest BCUT2D eigenvalue weighted by Gasteiger charge is -2.09. The highest BCUT2D eigenvalue weighted by Gasteiger charge is 2.18. The number of nitrogens with one attached hydrogen (secondary N) is 1. The number of carbonyl (C=O) groups is 2. The highest BCUT2D eigenvalue weighted by molar-refractivity contribution is 6.07. The number of carbonyl (C=O) groups excluding carboxylic acids is 1. The van der Waals surface area contributed by atoms with Crippen LogP contribution in [0.2, 0.25) is 0 Å². The molecule has 0 spiro atoms. The highest BCUT2D eigenvalue weighted by Crippen LogP contribution is 2.32. The monoisotopic (exact) mass is 400 g/mol. The Kier molecular flexibility index (Phi) is 6.58. The summed E-state index contributed by atoms with van der Waals surface area (Å²) in [5, 5.41) is 39.6. The van der Waals surface area contributed by atoms with Gasteiger partial charge < -0.3 is 20.3 Å². The van der Waals surface area contributed by atoms with Crippen LogP contribution in [0.5, 0.6) is 5.75 Å². The number of aliphatic hydroxyl groups is 1. The third-order valence-electron chi connectivity index (χ3n) is 3.60. The Bertz CT molecular complexity index is 1030. The van der Waals surface area contributed by atoms with Crippen molar-refractivity contribution in [1.29, 1.82) is 0 Å². The molecule has 0 aromatic heterocycles. The van der Waals surface area contributed by atoms with Gasteiger partial charge in [-0.2, -0.15) is 0 Å². The lowest BCUT2D eigenvalue weighted by Crippen LogP contribution is -2.17. The van der Waals surface area contributed by atoms with Gasteiger partial charge in [-0.05, 0) is 25.1 Å². The molecule has 0 saturated carbocycles. The number of para-hydroxylation sites is 1. The van der Waals surface area contributed by atoms with E-state index >= 15 is 0 Å². The first-order valence-corrected chi connectivity index (χ1v) is 8.02. The molecule has 0 fully saturated rings. The van der Waals surface area contributed by atoms with Gasteiger partial charge >= 0.3 is 5.97 Å². The van der Waals surface area contributed by atoms with Gasteiger partial charge in [0.05, 0.1) is 29.4 Å². The quantitative estimate of drug-likeness (QED) is 0.209. The Morgan fingerprint density at radius 3 is 2.45 bits per heavy atom.